The molecule has 0 aromatic heterocycles. The molecule has 3 aliphatic heterocycles. The molecule has 168 valence electrons. The van der Waals surface area contributed by atoms with Gasteiger partial charge in [-0.15, -0.1) is 0 Å². The smallest absolute Gasteiger partial charge is 0.337 e. The molecule has 3 saturated heterocycles. The van der Waals surface area contributed by atoms with Crippen molar-refractivity contribution in [2.45, 2.75) is 60.6 Å². The number of carbonyl (C=O) groups is 2. The van der Waals surface area contributed by atoms with Gasteiger partial charge in [-0.2, -0.15) is 0 Å². The molecule has 10 nitrogen and oxygen atoms in total. The molecule has 5 rings (SSSR count). The van der Waals surface area contributed by atoms with E-state index in [1.165, 1.54) is 12.1 Å². The third-order valence-electron chi connectivity index (χ3n) is 6.73. The molecule has 1 aromatic rings. The summed E-state index contributed by atoms with van der Waals surface area (Å²) in [6.07, 6.45) is 0.560. The van der Waals surface area contributed by atoms with Gasteiger partial charge in [-0.25, -0.2) is 13.2 Å². The first kappa shape index (κ1) is 20.8. The number of esters is 2. The number of hydrogen-bond acceptors (Lipinski definition) is 10. The number of benzene rings is 1. The lowest BCUT2D eigenvalue weighted by Crippen LogP contribution is -2.53. The fourth-order valence-electron chi connectivity index (χ4n) is 5.47. The molecule has 1 saturated carbocycles. The maximum absolute atomic E-state index is 12.4. The maximum atomic E-state index is 12.4. The molecule has 3 heterocycles. The standard InChI is InChI=1S/C20H22O10S/c21-12(28-10-3-5-11(6-4-10)31(24,25)26)9-27-17-16-14(20(23)7-1-2-8-20)13-15(29-16)18(17)30-19(13)22/h3-6,13-18,23H,1-2,7-9H2,(H,24,25,26)/p-1. The van der Waals surface area contributed by atoms with E-state index in [1.54, 1.807) is 0 Å². The van der Waals surface area contributed by atoms with E-state index in [1.807, 2.05) is 0 Å². The van der Waals surface area contributed by atoms with Crippen LogP contribution in [0.25, 0.3) is 0 Å². The zero-order valence-corrected chi connectivity index (χ0v) is 17.2. The molecule has 0 spiro atoms. The predicted octanol–water partition coefficient (Wildman–Crippen LogP) is 0.125. The Balaban J connectivity index is 1.24. The van der Waals surface area contributed by atoms with E-state index in [9.17, 15) is 27.7 Å². The Bertz CT molecular complexity index is 997. The largest absolute Gasteiger partial charge is 0.744 e. The van der Waals surface area contributed by atoms with E-state index in [0.717, 1.165) is 25.0 Å². The van der Waals surface area contributed by atoms with Crippen molar-refractivity contribution in [3.63, 3.8) is 0 Å². The number of rotatable bonds is 6. The van der Waals surface area contributed by atoms with Crippen LogP contribution in [0.1, 0.15) is 25.7 Å². The van der Waals surface area contributed by atoms with Crippen LogP contribution in [-0.2, 0) is 33.9 Å². The monoisotopic (exact) mass is 453 g/mol. The van der Waals surface area contributed by atoms with Crippen molar-refractivity contribution < 1.29 is 46.6 Å². The summed E-state index contributed by atoms with van der Waals surface area (Å²) in [6.45, 7) is -0.456. The van der Waals surface area contributed by atoms with E-state index >= 15 is 0 Å². The number of fused-ring (bicyclic) bond motifs is 1. The van der Waals surface area contributed by atoms with E-state index in [-0.39, 0.29) is 5.75 Å². The van der Waals surface area contributed by atoms with Gasteiger partial charge in [0.2, 0.25) is 0 Å². The Morgan fingerprint density at radius 2 is 1.84 bits per heavy atom. The molecular formula is C20H21O10S-. The molecule has 4 fully saturated rings. The normalized spacial score (nSPS) is 35.4. The second-order valence-corrected chi connectivity index (χ2v) is 9.88. The van der Waals surface area contributed by atoms with Crippen molar-refractivity contribution in [3.05, 3.63) is 24.3 Å². The summed E-state index contributed by atoms with van der Waals surface area (Å²) in [5, 5.41) is 11.1. The summed E-state index contributed by atoms with van der Waals surface area (Å²) < 4.78 is 55.1. The van der Waals surface area contributed by atoms with Gasteiger partial charge in [0.1, 0.15) is 34.7 Å². The van der Waals surface area contributed by atoms with Crippen LogP contribution in [0.5, 0.6) is 5.75 Å². The van der Waals surface area contributed by atoms with E-state index in [4.69, 9.17) is 18.9 Å². The highest BCUT2D eigenvalue weighted by atomic mass is 32.2. The van der Waals surface area contributed by atoms with Crippen molar-refractivity contribution in [1.29, 1.82) is 0 Å². The van der Waals surface area contributed by atoms with Crippen LogP contribution < -0.4 is 4.74 Å². The SMILES string of the molecule is O=C(COC1C2OC(=O)C3C2OC1C3C1(O)CCCC1)Oc1ccc(S(=O)(=O)[O-])cc1. The van der Waals surface area contributed by atoms with Crippen LogP contribution in [0, 0.1) is 11.8 Å². The molecule has 11 heteroatoms. The minimum atomic E-state index is -4.59. The van der Waals surface area contributed by atoms with E-state index in [0.29, 0.717) is 12.8 Å². The highest BCUT2D eigenvalue weighted by Crippen LogP contribution is 2.57. The molecule has 1 aromatic carbocycles. The van der Waals surface area contributed by atoms with Crippen molar-refractivity contribution in [2.75, 3.05) is 6.61 Å². The van der Waals surface area contributed by atoms with Crippen LogP contribution in [0.4, 0.5) is 0 Å². The molecule has 6 unspecified atom stereocenters. The van der Waals surface area contributed by atoms with Gasteiger partial charge in [-0.1, -0.05) is 12.8 Å². The molecular weight excluding hydrogens is 432 g/mol. The molecule has 6 atom stereocenters. The summed E-state index contributed by atoms with van der Waals surface area (Å²) in [6, 6.07) is 4.47. The lowest BCUT2D eigenvalue weighted by atomic mass is 9.69. The van der Waals surface area contributed by atoms with Gasteiger partial charge in [-0.3, -0.25) is 4.79 Å². The molecule has 31 heavy (non-hydrogen) atoms. The zero-order valence-electron chi connectivity index (χ0n) is 16.3. The molecule has 2 bridgehead atoms. The van der Waals surface area contributed by atoms with Crippen molar-refractivity contribution in [1.82, 2.24) is 0 Å². The van der Waals surface area contributed by atoms with Gasteiger partial charge >= 0.3 is 11.9 Å². The molecule has 4 aliphatic rings. The summed E-state index contributed by atoms with van der Waals surface area (Å²) in [5.41, 5.74) is -1.01. The van der Waals surface area contributed by atoms with Crippen LogP contribution in [0.3, 0.4) is 0 Å². The fraction of sp³-hybridized carbons (Fsp3) is 0.600. The summed E-state index contributed by atoms with van der Waals surface area (Å²) >= 11 is 0. The molecule has 1 aliphatic carbocycles. The molecule has 0 amide bonds. The number of aliphatic hydroxyl groups is 1. The number of carbonyl (C=O) groups excluding carboxylic acids is 2. The van der Waals surface area contributed by atoms with Gasteiger partial charge in [-0.05, 0) is 37.1 Å². The maximum Gasteiger partial charge on any atom is 0.337 e. The third kappa shape index (κ3) is 3.44. The second kappa shape index (κ2) is 7.24. The average molecular weight is 453 g/mol. The van der Waals surface area contributed by atoms with Gasteiger partial charge in [0.05, 0.1) is 22.5 Å². The Morgan fingerprint density at radius 3 is 2.48 bits per heavy atom. The summed E-state index contributed by atoms with van der Waals surface area (Å²) in [7, 11) is -4.59. The van der Waals surface area contributed by atoms with Crippen molar-refractivity contribution >= 4 is 22.1 Å². The third-order valence-corrected chi connectivity index (χ3v) is 7.58. The predicted molar refractivity (Wildman–Crippen MR) is 98.7 cm³/mol. The van der Waals surface area contributed by atoms with Crippen molar-refractivity contribution in [3.8, 4) is 5.75 Å². The molecule has 0 radical (unpaired) electrons. The summed E-state index contributed by atoms with van der Waals surface area (Å²) in [4.78, 5) is 24.2. The highest BCUT2D eigenvalue weighted by molar-refractivity contribution is 7.85. The van der Waals surface area contributed by atoms with Gasteiger partial charge in [0, 0.05) is 5.92 Å². The van der Waals surface area contributed by atoms with Gasteiger partial charge in [0.25, 0.3) is 0 Å². The van der Waals surface area contributed by atoms with Gasteiger partial charge in [0.15, 0.2) is 6.10 Å². The highest BCUT2D eigenvalue weighted by Gasteiger charge is 2.72. The second-order valence-electron chi connectivity index (χ2n) is 8.50. The first-order valence-corrected chi connectivity index (χ1v) is 11.5. The van der Waals surface area contributed by atoms with Crippen LogP contribution >= 0.6 is 0 Å². The van der Waals surface area contributed by atoms with Crippen LogP contribution in [-0.4, -0.2) is 66.6 Å². The minimum Gasteiger partial charge on any atom is -0.744 e. The Morgan fingerprint density at radius 1 is 1.16 bits per heavy atom. The molecule has 1 N–H and O–H groups in total. The fourth-order valence-corrected chi connectivity index (χ4v) is 5.94. The Labute approximate surface area is 178 Å². The van der Waals surface area contributed by atoms with E-state index < -0.39 is 75.4 Å². The van der Waals surface area contributed by atoms with Gasteiger partial charge < -0.3 is 28.6 Å². The van der Waals surface area contributed by atoms with E-state index in [2.05, 4.69) is 0 Å². The van der Waals surface area contributed by atoms with Crippen LogP contribution in [0.15, 0.2) is 29.2 Å². The Kier molecular flexibility index (Phi) is 4.87. The minimum absolute atomic E-state index is 0.0516. The van der Waals surface area contributed by atoms with Crippen LogP contribution in [0.2, 0.25) is 0 Å². The Hall–Kier alpha value is -2.05. The first-order valence-electron chi connectivity index (χ1n) is 10.1. The zero-order chi connectivity index (χ0) is 22.0. The average Bonchev–Trinajstić information content (AvgIpc) is 3.43. The lowest BCUT2D eigenvalue weighted by Gasteiger charge is -2.37. The van der Waals surface area contributed by atoms with Crippen molar-refractivity contribution in [2.24, 2.45) is 11.8 Å². The lowest BCUT2D eigenvalue weighted by molar-refractivity contribution is -0.150. The number of ether oxygens (including phenoxy) is 4. The summed E-state index contributed by atoms with van der Waals surface area (Å²) in [5.74, 6) is -2.05. The topological polar surface area (TPSA) is 148 Å². The quantitative estimate of drug-likeness (QED) is 0.358. The number of hydrogen-bond donors (Lipinski definition) is 1. The first-order chi connectivity index (χ1) is 14.7.